The fourth-order valence-corrected chi connectivity index (χ4v) is 1.86. The first-order chi connectivity index (χ1) is 7.51. The predicted octanol–water partition coefficient (Wildman–Crippen LogP) is 2.31. The van der Waals surface area contributed by atoms with Crippen molar-refractivity contribution < 1.29 is 26.4 Å². The van der Waals surface area contributed by atoms with E-state index in [1.54, 1.807) is 0 Å². The highest BCUT2D eigenvalue weighted by atomic mass is 32.2. The smallest absolute Gasteiger partial charge is 0.295 e. The number of rotatable bonds is 2. The third-order valence-electron chi connectivity index (χ3n) is 2.07. The molecule has 0 atom stereocenters. The Morgan fingerprint density at radius 1 is 1.18 bits per heavy atom. The number of halogens is 3. The van der Waals surface area contributed by atoms with Gasteiger partial charge >= 0.3 is 6.18 Å². The van der Waals surface area contributed by atoms with E-state index in [0.717, 1.165) is 19.2 Å². The van der Waals surface area contributed by atoms with Gasteiger partial charge < -0.3 is 0 Å². The number of alkyl halides is 3. The largest absolute Gasteiger partial charge is 0.416 e. The van der Waals surface area contributed by atoms with Crippen LogP contribution in [0.4, 0.5) is 13.2 Å². The van der Waals surface area contributed by atoms with Crippen LogP contribution in [0.15, 0.2) is 23.1 Å². The zero-order valence-electron chi connectivity index (χ0n) is 9.00. The average Bonchev–Trinajstić information content (AvgIpc) is 2.14. The Kier molecular flexibility index (Phi) is 3.33. The number of carbonyl (C=O) groups is 1. The fourth-order valence-electron chi connectivity index (χ4n) is 1.18. The highest BCUT2D eigenvalue weighted by Gasteiger charge is 2.32. The van der Waals surface area contributed by atoms with Gasteiger partial charge in [0.15, 0.2) is 15.6 Å². The summed E-state index contributed by atoms with van der Waals surface area (Å²) in [6.45, 7) is 1.07. The normalized spacial score (nSPS) is 12.5. The summed E-state index contributed by atoms with van der Waals surface area (Å²) < 4.78 is 59.9. The SMILES string of the molecule is CC(=O)c1cc(C(F)(F)F)cc(S(C)(=O)=O)c1. The van der Waals surface area contributed by atoms with Gasteiger partial charge in [-0.25, -0.2) is 8.42 Å². The Morgan fingerprint density at radius 2 is 1.71 bits per heavy atom. The number of Topliss-reactive ketones (excluding diaryl/α,β-unsaturated/α-hetero) is 1. The molecule has 0 spiro atoms. The van der Waals surface area contributed by atoms with Crippen molar-refractivity contribution in [3.63, 3.8) is 0 Å². The minimum absolute atomic E-state index is 0.278. The number of hydrogen-bond donors (Lipinski definition) is 0. The van der Waals surface area contributed by atoms with Crippen molar-refractivity contribution in [2.24, 2.45) is 0 Å². The molecule has 0 saturated carbocycles. The van der Waals surface area contributed by atoms with Crippen molar-refractivity contribution in [1.29, 1.82) is 0 Å². The number of sulfone groups is 1. The lowest BCUT2D eigenvalue weighted by Crippen LogP contribution is -2.10. The molecule has 0 bridgehead atoms. The van der Waals surface area contributed by atoms with Gasteiger partial charge in [0.1, 0.15) is 0 Å². The third kappa shape index (κ3) is 3.29. The summed E-state index contributed by atoms with van der Waals surface area (Å²) in [7, 11) is -3.79. The first-order valence-corrected chi connectivity index (χ1v) is 6.34. The summed E-state index contributed by atoms with van der Waals surface area (Å²) in [5, 5.41) is 0. The van der Waals surface area contributed by atoms with E-state index in [0.29, 0.717) is 12.1 Å². The van der Waals surface area contributed by atoms with Crippen LogP contribution in [-0.2, 0) is 16.0 Å². The van der Waals surface area contributed by atoms with Crippen LogP contribution in [0.1, 0.15) is 22.8 Å². The van der Waals surface area contributed by atoms with E-state index in [4.69, 9.17) is 0 Å². The quantitative estimate of drug-likeness (QED) is 0.772. The molecule has 3 nitrogen and oxygen atoms in total. The summed E-state index contributed by atoms with van der Waals surface area (Å²) in [5.41, 5.74) is -1.43. The monoisotopic (exact) mass is 266 g/mol. The summed E-state index contributed by atoms with van der Waals surface area (Å²) in [6, 6.07) is 2.09. The molecule has 1 aromatic rings. The highest BCUT2D eigenvalue weighted by molar-refractivity contribution is 7.90. The van der Waals surface area contributed by atoms with Gasteiger partial charge in [0, 0.05) is 11.8 Å². The maximum absolute atomic E-state index is 12.5. The van der Waals surface area contributed by atoms with Crippen LogP contribution in [0.5, 0.6) is 0 Å². The van der Waals surface area contributed by atoms with E-state index < -0.39 is 32.3 Å². The van der Waals surface area contributed by atoms with E-state index in [-0.39, 0.29) is 5.56 Å². The van der Waals surface area contributed by atoms with Gasteiger partial charge in [-0.1, -0.05) is 0 Å². The minimum atomic E-state index is -4.69. The molecule has 7 heteroatoms. The van der Waals surface area contributed by atoms with Crippen LogP contribution in [0.2, 0.25) is 0 Å². The van der Waals surface area contributed by atoms with Crippen molar-refractivity contribution >= 4 is 15.6 Å². The van der Waals surface area contributed by atoms with Crippen molar-refractivity contribution in [1.82, 2.24) is 0 Å². The molecule has 0 amide bonds. The van der Waals surface area contributed by atoms with E-state index >= 15 is 0 Å². The lowest BCUT2D eigenvalue weighted by molar-refractivity contribution is -0.137. The Labute approximate surface area is 96.2 Å². The summed E-state index contributed by atoms with van der Waals surface area (Å²) in [5.74, 6) is -0.624. The van der Waals surface area contributed by atoms with E-state index in [1.165, 1.54) is 0 Å². The Morgan fingerprint density at radius 3 is 2.06 bits per heavy atom. The molecule has 1 aromatic carbocycles. The van der Waals surface area contributed by atoms with Crippen molar-refractivity contribution in [2.45, 2.75) is 18.0 Å². The molecule has 0 aromatic heterocycles. The van der Waals surface area contributed by atoms with Crippen molar-refractivity contribution in [3.05, 3.63) is 29.3 Å². The summed E-state index contributed by atoms with van der Waals surface area (Å²) in [6.07, 6.45) is -3.91. The molecule has 94 valence electrons. The second kappa shape index (κ2) is 4.14. The van der Waals surface area contributed by atoms with Crippen LogP contribution in [0.3, 0.4) is 0 Å². The molecule has 1 rings (SSSR count). The molecule has 0 fully saturated rings. The number of carbonyl (C=O) groups excluding carboxylic acids is 1. The van der Waals surface area contributed by atoms with Gasteiger partial charge in [0.2, 0.25) is 0 Å². The van der Waals surface area contributed by atoms with Gasteiger partial charge in [0.05, 0.1) is 10.5 Å². The molecule has 17 heavy (non-hydrogen) atoms. The first-order valence-electron chi connectivity index (χ1n) is 4.45. The van der Waals surface area contributed by atoms with Gasteiger partial charge in [-0.3, -0.25) is 4.79 Å². The fraction of sp³-hybridized carbons (Fsp3) is 0.300. The van der Waals surface area contributed by atoms with Gasteiger partial charge in [-0.2, -0.15) is 13.2 Å². The Bertz CT molecular complexity index is 559. The number of benzene rings is 1. The average molecular weight is 266 g/mol. The van der Waals surface area contributed by atoms with Crippen molar-refractivity contribution in [3.8, 4) is 0 Å². The topological polar surface area (TPSA) is 51.2 Å². The zero-order valence-corrected chi connectivity index (χ0v) is 9.82. The lowest BCUT2D eigenvalue weighted by Gasteiger charge is -2.10. The summed E-state index contributed by atoms with van der Waals surface area (Å²) >= 11 is 0. The second-order valence-corrected chi connectivity index (χ2v) is 5.59. The van der Waals surface area contributed by atoms with Crippen LogP contribution in [0, 0.1) is 0 Å². The summed E-state index contributed by atoms with van der Waals surface area (Å²) in [4.78, 5) is 10.5. The second-order valence-electron chi connectivity index (χ2n) is 3.57. The van der Waals surface area contributed by atoms with Crippen LogP contribution in [0.25, 0.3) is 0 Å². The Balaban J connectivity index is 3.56. The van der Waals surface area contributed by atoms with Gasteiger partial charge in [0.25, 0.3) is 0 Å². The van der Waals surface area contributed by atoms with Crippen LogP contribution >= 0.6 is 0 Å². The third-order valence-corrected chi connectivity index (χ3v) is 3.16. The van der Waals surface area contributed by atoms with Gasteiger partial charge in [-0.15, -0.1) is 0 Å². The molecule has 0 unspecified atom stereocenters. The molecule has 0 radical (unpaired) electrons. The minimum Gasteiger partial charge on any atom is -0.295 e. The maximum Gasteiger partial charge on any atom is 0.416 e. The molecule has 0 aliphatic rings. The van der Waals surface area contributed by atoms with E-state index in [1.807, 2.05) is 0 Å². The highest BCUT2D eigenvalue weighted by Crippen LogP contribution is 2.31. The predicted molar refractivity (Wildman–Crippen MR) is 54.6 cm³/mol. The molecule has 0 N–H and O–H groups in total. The van der Waals surface area contributed by atoms with E-state index in [9.17, 15) is 26.4 Å². The molecular weight excluding hydrogens is 257 g/mol. The van der Waals surface area contributed by atoms with Gasteiger partial charge in [-0.05, 0) is 25.1 Å². The number of hydrogen-bond acceptors (Lipinski definition) is 3. The molecule has 0 aliphatic carbocycles. The van der Waals surface area contributed by atoms with Crippen molar-refractivity contribution in [2.75, 3.05) is 6.26 Å². The zero-order chi connectivity index (χ0) is 13.4. The molecular formula is C10H9F3O3S. The number of ketones is 1. The Hall–Kier alpha value is -1.37. The molecule has 0 heterocycles. The van der Waals surface area contributed by atoms with Crippen LogP contribution < -0.4 is 0 Å². The van der Waals surface area contributed by atoms with E-state index in [2.05, 4.69) is 0 Å². The first kappa shape index (κ1) is 13.7. The maximum atomic E-state index is 12.5. The molecule has 0 aliphatic heterocycles. The lowest BCUT2D eigenvalue weighted by atomic mass is 10.1. The standard InChI is InChI=1S/C10H9F3O3S/c1-6(14)7-3-8(10(11,12)13)5-9(4-7)17(2,15)16/h3-5H,1-2H3. The molecule has 0 saturated heterocycles. The van der Waals surface area contributed by atoms with Crippen LogP contribution in [-0.4, -0.2) is 20.5 Å².